The third-order valence-electron chi connectivity index (χ3n) is 11.4. The number of ether oxygens (including phenoxy) is 2. The molecule has 0 atom stereocenters. The van der Waals surface area contributed by atoms with E-state index >= 15 is 17.6 Å². The number of methoxy groups -OCH3 is 2. The zero-order valence-corrected chi connectivity index (χ0v) is 36.2. The van der Waals surface area contributed by atoms with Gasteiger partial charge in [-0.15, -0.1) is 0 Å². The Hall–Kier alpha value is -7.98. The van der Waals surface area contributed by atoms with Gasteiger partial charge in [-0.25, -0.2) is 66.3 Å². The SMILES string of the molecule is COc1cncc2nc(-c3ccnc(N(c4c(F)cc(F)cc4F)N(c4cc(-c5nc(N6CCNCC6)c6c(OC)cncc6n5)ccn4)c4c(F)cc(F)cc4F)c3)nc(N3CCNCC3)c12. The molecule has 0 amide bonds. The normalized spacial score (nSPS) is 14.1. The predicted molar refractivity (Wildman–Crippen MR) is 241 cm³/mol. The van der Waals surface area contributed by atoms with Gasteiger partial charge in [-0.05, 0) is 24.3 Å². The van der Waals surface area contributed by atoms with Gasteiger partial charge in [0.15, 0.2) is 46.6 Å². The summed E-state index contributed by atoms with van der Waals surface area (Å²) < 4.78 is 107. The summed E-state index contributed by atoms with van der Waals surface area (Å²) in [5.74, 6) is -7.27. The Morgan fingerprint density at radius 2 is 0.897 bits per heavy atom. The van der Waals surface area contributed by atoms with Crippen molar-refractivity contribution in [3.63, 3.8) is 0 Å². The van der Waals surface area contributed by atoms with Crippen molar-refractivity contribution in [3.05, 3.63) is 121 Å². The molecule has 22 heteroatoms. The number of anilines is 6. The summed E-state index contributed by atoms with van der Waals surface area (Å²) in [6.07, 6.45) is 8.69. The fourth-order valence-electron chi connectivity index (χ4n) is 8.30. The highest BCUT2D eigenvalue weighted by molar-refractivity contribution is 5.97. The third-order valence-corrected chi connectivity index (χ3v) is 11.4. The minimum atomic E-state index is -1.50. The van der Waals surface area contributed by atoms with E-state index < -0.39 is 46.3 Å². The van der Waals surface area contributed by atoms with Crippen molar-refractivity contribution in [1.29, 1.82) is 0 Å². The lowest BCUT2D eigenvalue weighted by molar-refractivity contribution is 0.417. The summed E-state index contributed by atoms with van der Waals surface area (Å²) in [4.78, 5) is 41.0. The van der Waals surface area contributed by atoms with Gasteiger partial charge in [-0.2, -0.15) is 0 Å². The highest BCUT2D eigenvalue weighted by Gasteiger charge is 2.34. The monoisotopic (exact) mass is 932 g/mol. The molecule has 2 aliphatic heterocycles. The van der Waals surface area contributed by atoms with Crippen LogP contribution >= 0.6 is 0 Å². The summed E-state index contributed by atoms with van der Waals surface area (Å²) in [6, 6.07) is 7.26. The van der Waals surface area contributed by atoms with E-state index in [1.54, 1.807) is 12.4 Å². The Morgan fingerprint density at radius 1 is 0.515 bits per heavy atom. The maximum Gasteiger partial charge on any atom is 0.162 e. The number of rotatable bonds is 11. The van der Waals surface area contributed by atoms with Crippen molar-refractivity contribution in [2.45, 2.75) is 0 Å². The van der Waals surface area contributed by atoms with Crippen molar-refractivity contribution in [2.24, 2.45) is 0 Å². The van der Waals surface area contributed by atoms with Crippen LogP contribution in [0.5, 0.6) is 11.5 Å². The summed E-state index contributed by atoms with van der Waals surface area (Å²) >= 11 is 0. The van der Waals surface area contributed by atoms with Gasteiger partial charge in [-0.1, -0.05) is 0 Å². The van der Waals surface area contributed by atoms with Gasteiger partial charge in [0.05, 0.1) is 60.8 Å². The number of halogens is 6. The molecule has 2 saturated heterocycles. The first kappa shape index (κ1) is 43.9. The van der Waals surface area contributed by atoms with Gasteiger partial charge in [0.1, 0.15) is 46.1 Å². The molecule has 2 N–H and O–H groups in total. The molecule has 346 valence electrons. The number of pyridine rings is 4. The second-order valence-electron chi connectivity index (χ2n) is 15.6. The molecule has 0 aliphatic carbocycles. The smallest absolute Gasteiger partial charge is 0.162 e. The number of nitrogens with zero attached hydrogens (tertiary/aromatic N) is 12. The lowest BCUT2D eigenvalue weighted by Crippen LogP contribution is -2.44. The maximum absolute atomic E-state index is 16.5. The molecule has 16 nitrogen and oxygen atoms in total. The lowest BCUT2D eigenvalue weighted by atomic mass is 10.1. The van der Waals surface area contributed by atoms with E-state index in [4.69, 9.17) is 29.4 Å². The molecule has 2 aromatic carbocycles. The van der Waals surface area contributed by atoms with Crippen molar-refractivity contribution in [2.75, 3.05) is 86.4 Å². The summed E-state index contributed by atoms with van der Waals surface area (Å²) in [5.41, 5.74) is -0.835. The van der Waals surface area contributed by atoms with Gasteiger partial charge in [0.2, 0.25) is 0 Å². The third kappa shape index (κ3) is 8.16. The highest BCUT2D eigenvalue weighted by Crippen LogP contribution is 2.43. The van der Waals surface area contributed by atoms with Crippen molar-refractivity contribution < 1.29 is 35.8 Å². The number of nitrogens with one attached hydrogen (secondary N) is 2. The molecule has 68 heavy (non-hydrogen) atoms. The van der Waals surface area contributed by atoms with Crippen LogP contribution in [0.4, 0.5) is 61.0 Å². The van der Waals surface area contributed by atoms with E-state index in [1.165, 1.54) is 63.3 Å². The molecule has 0 unspecified atom stereocenters. The standard InChI is InChI=1S/C46H38F6N14O2/c1-67-35-23-55-21-33-39(35)45(63-11-7-53-8-12-63)61-43(59-33)25-3-5-57-37(15-25)65(41-29(49)17-27(47)18-30(41)50)66(42-31(51)19-28(48)20-32(42)52)38-16-26(4-6-58-38)44-60-34-22-56-24-36(68-2)40(34)46(62-44)64-13-9-54-10-14-64/h3-6,15-24,53-54H,7-14H2,1-2H3. The van der Waals surface area contributed by atoms with E-state index in [9.17, 15) is 8.78 Å². The van der Waals surface area contributed by atoms with Crippen molar-refractivity contribution in [3.8, 4) is 34.3 Å². The van der Waals surface area contributed by atoms with Crippen LogP contribution in [0.3, 0.4) is 0 Å². The minimum Gasteiger partial charge on any atom is -0.494 e. The molecule has 8 heterocycles. The minimum absolute atomic E-state index is 0.107. The van der Waals surface area contributed by atoms with Gasteiger partial charge in [-0.3, -0.25) is 9.97 Å². The number of hydrogen-bond acceptors (Lipinski definition) is 16. The Balaban J connectivity index is 1.20. The first-order valence-electron chi connectivity index (χ1n) is 21.2. The zero-order valence-electron chi connectivity index (χ0n) is 36.2. The molecule has 0 saturated carbocycles. The van der Waals surface area contributed by atoms with Crippen LogP contribution in [-0.4, -0.2) is 106 Å². The number of hydrogen-bond donors (Lipinski definition) is 2. The molecule has 0 radical (unpaired) electrons. The number of fused-ring (bicyclic) bond motifs is 2. The fourth-order valence-corrected chi connectivity index (χ4v) is 8.30. The maximum atomic E-state index is 16.5. The van der Waals surface area contributed by atoms with Crippen molar-refractivity contribution >= 4 is 56.5 Å². The number of hydrazine groups is 1. The van der Waals surface area contributed by atoms with Crippen LogP contribution < -0.4 is 39.9 Å². The number of aromatic nitrogens is 8. The van der Waals surface area contributed by atoms with Crippen LogP contribution in [0.15, 0.2) is 85.7 Å². The average Bonchev–Trinajstić information content (AvgIpc) is 3.35. The zero-order chi connectivity index (χ0) is 47.1. The lowest BCUT2D eigenvalue weighted by Gasteiger charge is -2.37. The fraction of sp³-hybridized carbons (Fsp3) is 0.217. The predicted octanol–water partition coefficient (Wildman–Crippen LogP) is 7.05. The van der Waals surface area contributed by atoms with Gasteiger partial charge < -0.3 is 29.9 Å². The molecule has 2 fully saturated rings. The second kappa shape index (κ2) is 18.4. The highest BCUT2D eigenvalue weighted by atomic mass is 19.2. The molecule has 2 aliphatic rings. The molecule has 0 bridgehead atoms. The van der Waals surface area contributed by atoms with Crippen LogP contribution in [0.1, 0.15) is 0 Å². The van der Waals surface area contributed by atoms with E-state index in [-0.39, 0.29) is 34.4 Å². The molecule has 10 rings (SSSR count). The Morgan fingerprint density at radius 3 is 1.26 bits per heavy atom. The van der Waals surface area contributed by atoms with E-state index in [1.807, 2.05) is 9.80 Å². The second-order valence-corrected chi connectivity index (χ2v) is 15.6. The van der Waals surface area contributed by atoms with Gasteiger partial charge >= 0.3 is 0 Å². The molecular weight excluding hydrogens is 895 g/mol. The first-order valence-corrected chi connectivity index (χ1v) is 21.2. The van der Waals surface area contributed by atoms with Crippen LogP contribution in [0.2, 0.25) is 0 Å². The number of piperazine rings is 2. The first-order chi connectivity index (χ1) is 33.1. The van der Waals surface area contributed by atoms with Crippen molar-refractivity contribution in [1.82, 2.24) is 50.5 Å². The van der Waals surface area contributed by atoms with Crippen LogP contribution in [0, 0.1) is 34.9 Å². The van der Waals surface area contributed by atoms with Gasteiger partial charge in [0.25, 0.3) is 0 Å². The van der Waals surface area contributed by atoms with E-state index in [0.29, 0.717) is 132 Å². The number of benzene rings is 2. The Kier molecular flexibility index (Phi) is 11.9. The average molecular weight is 933 g/mol. The summed E-state index contributed by atoms with van der Waals surface area (Å²) in [5, 5.41) is 9.15. The molecule has 6 aromatic heterocycles. The van der Waals surface area contributed by atoms with E-state index in [2.05, 4.69) is 30.6 Å². The van der Waals surface area contributed by atoms with Crippen LogP contribution in [-0.2, 0) is 0 Å². The molecule has 8 aromatic rings. The largest absolute Gasteiger partial charge is 0.494 e. The Labute approximate surface area is 383 Å². The Bertz CT molecular complexity index is 2960. The summed E-state index contributed by atoms with van der Waals surface area (Å²) in [6.45, 7) is 4.97. The molecule has 0 spiro atoms. The molecular formula is C46H38F6N14O2. The van der Waals surface area contributed by atoms with Gasteiger partial charge in [0, 0.05) is 100 Å². The summed E-state index contributed by atoms with van der Waals surface area (Å²) in [7, 11) is 3.00. The van der Waals surface area contributed by atoms with Crippen LogP contribution in [0.25, 0.3) is 44.6 Å². The van der Waals surface area contributed by atoms with E-state index in [0.717, 1.165) is 0 Å². The quantitative estimate of drug-likeness (QED) is 0.100. The topological polar surface area (TPSA) is 159 Å².